The molecule has 0 saturated heterocycles. The molecule has 0 aliphatic carbocycles. The zero-order valence-electron chi connectivity index (χ0n) is 14.8. The molecule has 0 radical (unpaired) electrons. The Balaban J connectivity index is 1.90. The van der Waals surface area contributed by atoms with E-state index < -0.39 is 0 Å². The minimum Gasteiger partial charge on any atom is -0.494 e. The van der Waals surface area contributed by atoms with Crippen LogP contribution in [0, 0.1) is 0 Å². The van der Waals surface area contributed by atoms with E-state index >= 15 is 0 Å². The topological polar surface area (TPSA) is 42.4 Å². The number of hydrogen-bond donors (Lipinski definition) is 0. The Kier molecular flexibility index (Phi) is 5.99. The van der Waals surface area contributed by atoms with Crippen LogP contribution in [0.4, 0.5) is 5.82 Å². The van der Waals surface area contributed by atoms with Gasteiger partial charge in [-0.05, 0) is 42.3 Å². The third-order valence-corrected chi connectivity index (χ3v) is 3.91. The predicted molar refractivity (Wildman–Crippen MR) is 103 cm³/mol. The number of amides is 1. The third-order valence-electron chi connectivity index (χ3n) is 3.91. The molecule has 4 heteroatoms. The molecule has 0 bridgehead atoms. The standard InChI is InChI=1S/C22H22N2O2/c1-2-15-26-20-12-8-11-19(16-20)22(25)24(21-13-6-7-14-23-21)17-18-9-4-3-5-10-18/h3-14,16H,2,15,17H2,1H3. The van der Waals surface area contributed by atoms with Crippen LogP contribution in [0.2, 0.25) is 0 Å². The van der Waals surface area contributed by atoms with E-state index in [1.165, 1.54) is 0 Å². The predicted octanol–water partition coefficient (Wildman–Crippen LogP) is 4.72. The lowest BCUT2D eigenvalue weighted by Gasteiger charge is -2.22. The summed E-state index contributed by atoms with van der Waals surface area (Å²) in [7, 11) is 0. The summed E-state index contributed by atoms with van der Waals surface area (Å²) in [6.07, 6.45) is 2.62. The van der Waals surface area contributed by atoms with Gasteiger partial charge in [-0.3, -0.25) is 9.69 Å². The number of nitrogens with zero attached hydrogens (tertiary/aromatic N) is 2. The highest BCUT2D eigenvalue weighted by atomic mass is 16.5. The molecule has 1 amide bonds. The molecule has 3 aromatic rings. The summed E-state index contributed by atoms with van der Waals surface area (Å²) in [4.78, 5) is 19.3. The molecule has 0 saturated carbocycles. The molecule has 0 spiro atoms. The Labute approximate surface area is 154 Å². The quantitative estimate of drug-likeness (QED) is 0.622. The van der Waals surface area contributed by atoms with Crippen molar-refractivity contribution >= 4 is 11.7 Å². The molecule has 0 aliphatic heterocycles. The first kappa shape index (κ1) is 17.7. The smallest absolute Gasteiger partial charge is 0.259 e. The van der Waals surface area contributed by atoms with Crippen molar-refractivity contribution in [3.8, 4) is 5.75 Å². The van der Waals surface area contributed by atoms with Gasteiger partial charge >= 0.3 is 0 Å². The van der Waals surface area contributed by atoms with E-state index in [1.54, 1.807) is 17.2 Å². The fraction of sp³-hybridized carbons (Fsp3) is 0.182. The van der Waals surface area contributed by atoms with Gasteiger partial charge < -0.3 is 4.74 Å². The average Bonchev–Trinajstić information content (AvgIpc) is 2.71. The lowest BCUT2D eigenvalue weighted by molar-refractivity contribution is 0.0984. The van der Waals surface area contributed by atoms with E-state index in [9.17, 15) is 4.79 Å². The monoisotopic (exact) mass is 346 g/mol. The fourth-order valence-electron chi connectivity index (χ4n) is 2.63. The molecule has 0 atom stereocenters. The van der Waals surface area contributed by atoms with Crippen molar-refractivity contribution < 1.29 is 9.53 Å². The Morgan fingerprint density at radius 3 is 2.54 bits per heavy atom. The Bertz CT molecular complexity index is 835. The highest BCUT2D eigenvalue weighted by Crippen LogP contribution is 2.20. The Morgan fingerprint density at radius 1 is 1.00 bits per heavy atom. The molecule has 4 nitrogen and oxygen atoms in total. The van der Waals surface area contributed by atoms with E-state index in [4.69, 9.17) is 4.74 Å². The maximum absolute atomic E-state index is 13.2. The lowest BCUT2D eigenvalue weighted by atomic mass is 10.1. The van der Waals surface area contributed by atoms with Gasteiger partial charge in [0.05, 0.1) is 13.2 Å². The second-order valence-corrected chi connectivity index (χ2v) is 5.94. The van der Waals surface area contributed by atoms with Crippen LogP contribution in [0.15, 0.2) is 79.0 Å². The van der Waals surface area contributed by atoms with Crippen LogP contribution in [-0.4, -0.2) is 17.5 Å². The van der Waals surface area contributed by atoms with Gasteiger partial charge in [0.1, 0.15) is 11.6 Å². The average molecular weight is 346 g/mol. The second kappa shape index (κ2) is 8.81. The van der Waals surface area contributed by atoms with Gasteiger partial charge in [0.15, 0.2) is 0 Å². The summed E-state index contributed by atoms with van der Waals surface area (Å²) in [6, 6.07) is 22.8. The highest BCUT2D eigenvalue weighted by molar-refractivity contribution is 6.05. The first-order valence-electron chi connectivity index (χ1n) is 8.77. The normalized spacial score (nSPS) is 10.3. The second-order valence-electron chi connectivity index (χ2n) is 5.94. The summed E-state index contributed by atoms with van der Waals surface area (Å²) >= 11 is 0. The van der Waals surface area contributed by atoms with Crippen molar-refractivity contribution in [2.45, 2.75) is 19.9 Å². The highest BCUT2D eigenvalue weighted by Gasteiger charge is 2.19. The SMILES string of the molecule is CCCOc1cccc(C(=O)N(Cc2ccccc2)c2ccccn2)c1. The van der Waals surface area contributed by atoms with Gasteiger partial charge in [0.2, 0.25) is 0 Å². The van der Waals surface area contributed by atoms with Crippen molar-refractivity contribution in [1.29, 1.82) is 0 Å². The molecule has 2 aromatic carbocycles. The summed E-state index contributed by atoms with van der Waals surface area (Å²) in [6.45, 7) is 3.14. The largest absolute Gasteiger partial charge is 0.494 e. The Morgan fingerprint density at radius 2 is 1.81 bits per heavy atom. The molecule has 132 valence electrons. The van der Waals surface area contributed by atoms with Gasteiger partial charge in [-0.2, -0.15) is 0 Å². The van der Waals surface area contributed by atoms with Crippen LogP contribution in [0.3, 0.4) is 0 Å². The van der Waals surface area contributed by atoms with Gasteiger partial charge in [0, 0.05) is 11.8 Å². The molecule has 1 aromatic heterocycles. The number of benzene rings is 2. The number of anilines is 1. The molecule has 0 N–H and O–H groups in total. The molecule has 0 aliphatic rings. The van der Waals surface area contributed by atoms with E-state index in [-0.39, 0.29) is 5.91 Å². The number of pyridine rings is 1. The van der Waals surface area contributed by atoms with Gasteiger partial charge in [-0.15, -0.1) is 0 Å². The molecular weight excluding hydrogens is 324 g/mol. The summed E-state index contributed by atoms with van der Waals surface area (Å²) < 4.78 is 5.66. The van der Waals surface area contributed by atoms with E-state index in [2.05, 4.69) is 11.9 Å². The number of aromatic nitrogens is 1. The molecule has 0 fully saturated rings. The minimum absolute atomic E-state index is 0.102. The number of ether oxygens (including phenoxy) is 1. The van der Waals surface area contributed by atoms with Crippen molar-refractivity contribution in [3.63, 3.8) is 0 Å². The van der Waals surface area contributed by atoms with Crippen LogP contribution in [0.25, 0.3) is 0 Å². The van der Waals surface area contributed by atoms with Crippen LogP contribution in [0.5, 0.6) is 5.75 Å². The molecule has 3 rings (SSSR count). The number of hydrogen-bond acceptors (Lipinski definition) is 3. The summed E-state index contributed by atoms with van der Waals surface area (Å²) in [5.74, 6) is 1.23. The van der Waals surface area contributed by atoms with Crippen molar-refractivity contribution in [2.24, 2.45) is 0 Å². The maximum Gasteiger partial charge on any atom is 0.259 e. The summed E-state index contributed by atoms with van der Waals surface area (Å²) in [5.41, 5.74) is 1.63. The lowest BCUT2D eigenvalue weighted by Crippen LogP contribution is -2.31. The first-order valence-corrected chi connectivity index (χ1v) is 8.77. The third kappa shape index (κ3) is 4.48. The van der Waals surface area contributed by atoms with Crippen molar-refractivity contribution in [1.82, 2.24) is 4.98 Å². The first-order chi connectivity index (χ1) is 12.8. The molecule has 1 heterocycles. The van der Waals surface area contributed by atoms with Crippen LogP contribution in [0.1, 0.15) is 29.3 Å². The number of carbonyl (C=O) groups is 1. The summed E-state index contributed by atoms with van der Waals surface area (Å²) in [5, 5.41) is 0. The zero-order valence-corrected chi connectivity index (χ0v) is 14.8. The Hall–Kier alpha value is -3.14. The van der Waals surface area contributed by atoms with Crippen LogP contribution in [-0.2, 0) is 6.54 Å². The van der Waals surface area contributed by atoms with Crippen molar-refractivity contribution in [2.75, 3.05) is 11.5 Å². The maximum atomic E-state index is 13.2. The fourth-order valence-corrected chi connectivity index (χ4v) is 2.63. The van der Waals surface area contributed by atoms with Crippen LogP contribution < -0.4 is 9.64 Å². The van der Waals surface area contributed by atoms with Crippen molar-refractivity contribution in [3.05, 3.63) is 90.1 Å². The molecular formula is C22H22N2O2. The molecule has 26 heavy (non-hydrogen) atoms. The van der Waals surface area contributed by atoms with E-state index in [0.29, 0.717) is 30.3 Å². The van der Waals surface area contributed by atoms with Gasteiger partial charge in [-0.25, -0.2) is 4.98 Å². The van der Waals surface area contributed by atoms with Crippen LogP contribution >= 0.6 is 0 Å². The van der Waals surface area contributed by atoms with Gasteiger partial charge in [-0.1, -0.05) is 49.4 Å². The van der Waals surface area contributed by atoms with Gasteiger partial charge in [0.25, 0.3) is 5.91 Å². The molecule has 0 unspecified atom stereocenters. The van der Waals surface area contributed by atoms with E-state index in [0.717, 1.165) is 12.0 Å². The number of carbonyl (C=O) groups excluding carboxylic acids is 1. The van der Waals surface area contributed by atoms with E-state index in [1.807, 2.05) is 66.7 Å². The minimum atomic E-state index is -0.102. The zero-order chi connectivity index (χ0) is 18.2. The number of rotatable bonds is 7.